The highest BCUT2D eigenvalue weighted by Crippen LogP contribution is 2.33. The van der Waals surface area contributed by atoms with Crippen LogP contribution in [0.4, 0.5) is 5.82 Å². The van der Waals surface area contributed by atoms with Crippen LogP contribution in [0.5, 0.6) is 0 Å². The molecule has 0 radical (unpaired) electrons. The van der Waals surface area contributed by atoms with Crippen LogP contribution in [0.1, 0.15) is 38.4 Å². The normalized spacial score (nSPS) is 17.9. The van der Waals surface area contributed by atoms with Crippen molar-refractivity contribution < 1.29 is 0 Å². The van der Waals surface area contributed by atoms with Crippen LogP contribution >= 0.6 is 15.9 Å². The Balaban J connectivity index is 2.07. The van der Waals surface area contributed by atoms with E-state index in [0.717, 1.165) is 29.2 Å². The van der Waals surface area contributed by atoms with Crippen molar-refractivity contribution in [2.75, 3.05) is 26.0 Å². The first-order valence-electron chi connectivity index (χ1n) is 7.00. The van der Waals surface area contributed by atoms with Crippen LogP contribution in [0.3, 0.4) is 0 Å². The number of rotatable bonds is 5. The van der Waals surface area contributed by atoms with Gasteiger partial charge in [0.1, 0.15) is 16.2 Å². The van der Waals surface area contributed by atoms with Crippen LogP contribution in [-0.2, 0) is 6.42 Å². The van der Waals surface area contributed by atoms with Gasteiger partial charge in [-0.3, -0.25) is 0 Å². The average molecular weight is 327 g/mol. The molecule has 0 spiro atoms. The quantitative estimate of drug-likeness (QED) is 0.844. The Bertz CT molecular complexity index is 427. The molecule has 106 valence electrons. The number of nitrogens with one attached hydrogen (secondary N) is 1. The Hall–Kier alpha value is -0.680. The third-order valence-electron chi connectivity index (χ3n) is 4.14. The fourth-order valence-corrected chi connectivity index (χ4v) is 3.21. The van der Waals surface area contributed by atoms with Crippen molar-refractivity contribution in [1.29, 1.82) is 0 Å². The molecule has 1 aliphatic rings. The predicted molar refractivity (Wildman–Crippen MR) is 82.5 cm³/mol. The summed E-state index contributed by atoms with van der Waals surface area (Å²) < 4.78 is 0.854. The van der Waals surface area contributed by atoms with Gasteiger partial charge >= 0.3 is 0 Å². The molecule has 1 aromatic heterocycles. The van der Waals surface area contributed by atoms with Crippen LogP contribution < -0.4 is 5.32 Å². The van der Waals surface area contributed by atoms with Crippen molar-refractivity contribution in [3.63, 3.8) is 0 Å². The zero-order chi connectivity index (χ0) is 13.9. The number of hydrogen-bond acceptors (Lipinski definition) is 4. The first kappa shape index (κ1) is 14.7. The van der Waals surface area contributed by atoms with Gasteiger partial charge in [-0.15, -0.1) is 0 Å². The van der Waals surface area contributed by atoms with Crippen LogP contribution in [0.25, 0.3) is 0 Å². The van der Waals surface area contributed by atoms with E-state index in [4.69, 9.17) is 0 Å². The summed E-state index contributed by atoms with van der Waals surface area (Å²) in [5, 5.41) is 3.50. The second kappa shape index (κ2) is 6.18. The summed E-state index contributed by atoms with van der Waals surface area (Å²) in [4.78, 5) is 11.2. The maximum atomic E-state index is 4.53. The lowest BCUT2D eigenvalue weighted by atomic mass is 9.96. The average Bonchev–Trinajstić information content (AvgIpc) is 2.86. The molecular formula is C14H23BrN4. The molecule has 0 unspecified atom stereocenters. The zero-order valence-electron chi connectivity index (χ0n) is 12.0. The molecule has 1 aromatic rings. The molecule has 0 bridgehead atoms. The predicted octanol–water partition coefficient (Wildman–Crippen LogP) is 3.09. The minimum Gasteiger partial charge on any atom is -0.368 e. The van der Waals surface area contributed by atoms with Crippen LogP contribution in [-0.4, -0.2) is 41.0 Å². The Morgan fingerprint density at radius 3 is 2.58 bits per heavy atom. The van der Waals surface area contributed by atoms with E-state index in [1.54, 1.807) is 0 Å². The number of aryl methyl sites for hydroxylation is 1. The molecule has 2 rings (SSSR count). The Labute approximate surface area is 124 Å². The van der Waals surface area contributed by atoms with Crippen LogP contribution in [0.15, 0.2) is 10.7 Å². The van der Waals surface area contributed by atoms with E-state index in [0.29, 0.717) is 0 Å². The number of aromatic nitrogens is 2. The molecule has 1 saturated carbocycles. The van der Waals surface area contributed by atoms with Gasteiger partial charge in [0.2, 0.25) is 0 Å². The van der Waals surface area contributed by atoms with Gasteiger partial charge in [0.25, 0.3) is 0 Å². The topological polar surface area (TPSA) is 41.1 Å². The summed E-state index contributed by atoms with van der Waals surface area (Å²) >= 11 is 3.45. The number of nitrogens with zero attached hydrogens (tertiary/aromatic N) is 3. The lowest BCUT2D eigenvalue weighted by Crippen LogP contribution is -2.47. The maximum absolute atomic E-state index is 4.53. The highest BCUT2D eigenvalue weighted by molar-refractivity contribution is 9.10. The highest BCUT2D eigenvalue weighted by Gasteiger charge is 2.35. The smallest absolute Gasteiger partial charge is 0.131 e. The van der Waals surface area contributed by atoms with Gasteiger partial charge in [-0.1, -0.05) is 19.8 Å². The van der Waals surface area contributed by atoms with Gasteiger partial charge in [0.15, 0.2) is 0 Å². The van der Waals surface area contributed by atoms with Crippen molar-refractivity contribution in [3.8, 4) is 0 Å². The second-order valence-corrected chi connectivity index (χ2v) is 6.34. The SMILES string of the molecule is CCc1nc(Br)cc(NCC2(N(C)C)CCCC2)n1. The fourth-order valence-electron chi connectivity index (χ4n) is 2.78. The van der Waals surface area contributed by atoms with Crippen molar-refractivity contribution in [2.24, 2.45) is 0 Å². The Morgan fingerprint density at radius 2 is 2.00 bits per heavy atom. The zero-order valence-corrected chi connectivity index (χ0v) is 13.6. The monoisotopic (exact) mass is 326 g/mol. The highest BCUT2D eigenvalue weighted by atomic mass is 79.9. The molecular weight excluding hydrogens is 304 g/mol. The van der Waals surface area contributed by atoms with Crippen molar-refractivity contribution >= 4 is 21.7 Å². The van der Waals surface area contributed by atoms with Gasteiger partial charge in [0.05, 0.1) is 0 Å². The Kier molecular flexibility index (Phi) is 4.79. The van der Waals surface area contributed by atoms with E-state index < -0.39 is 0 Å². The summed E-state index contributed by atoms with van der Waals surface area (Å²) in [6.07, 6.45) is 6.04. The molecule has 5 heteroatoms. The molecule has 19 heavy (non-hydrogen) atoms. The summed E-state index contributed by atoms with van der Waals surface area (Å²) in [5.74, 6) is 1.80. The van der Waals surface area contributed by atoms with E-state index in [2.05, 4.69) is 57.1 Å². The van der Waals surface area contributed by atoms with E-state index >= 15 is 0 Å². The summed E-state index contributed by atoms with van der Waals surface area (Å²) in [6, 6.07) is 1.96. The molecule has 0 saturated heterocycles. The minimum absolute atomic E-state index is 0.282. The number of halogens is 1. The molecule has 4 nitrogen and oxygen atoms in total. The van der Waals surface area contributed by atoms with Crippen molar-refractivity contribution in [2.45, 2.75) is 44.6 Å². The molecule has 0 aliphatic heterocycles. The van der Waals surface area contributed by atoms with Crippen LogP contribution in [0, 0.1) is 0 Å². The standard InChI is InChI=1S/C14H23BrN4/c1-4-12-17-11(15)9-13(18-12)16-10-14(19(2)3)7-5-6-8-14/h9H,4-8,10H2,1-3H3,(H,16,17,18). The largest absolute Gasteiger partial charge is 0.368 e. The van der Waals surface area contributed by atoms with Gasteiger partial charge in [-0.2, -0.15) is 0 Å². The molecule has 0 amide bonds. The van der Waals surface area contributed by atoms with Gasteiger partial charge in [-0.05, 0) is 42.9 Å². The lowest BCUT2D eigenvalue weighted by Gasteiger charge is -2.36. The van der Waals surface area contributed by atoms with Gasteiger partial charge in [0, 0.05) is 24.6 Å². The third-order valence-corrected chi connectivity index (χ3v) is 4.55. The number of anilines is 1. The molecule has 0 aromatic carbocycles. The minimum atomic E-state index is 0.282. The first-order chi connectivity index (χ1) is 9.05. The lowest BCUT2D eigenvalue weighted by molar-refractivity contribution is 0.172. The molecule has 1 fully saturated rings. The van der Waals surface area contributed by atoms with Crippen LogP contribution in [0.2, 0.25) is 0 Å². The summed E-state index contributed by atoms with van der Waals surface area (Å²) in [6.45, 7) is 3.02. The Morgan fingerprint density at radius 1 is 1.32 bits per heavy atom. The van der Waals surface area contributed by atoms with Gasteiger partial charge < -0.3 is 10.2 Å². The van der Waals surface area contributed by atoms with Gasteiger partial charge in [-0.25, -0.2) is 9.97 Å². The molecule has 1 heterocycles. The fraction of sp³-hybridized carbons (Fsp3) is 0.714. The van der Waals surface area contributed by atoms with Crippen molar-refractivity contribution in [3.05, 3.63) is 16.5 Å². The second-order valence-electron chi connectivity index (χ2n) is 5.53. The summed E-state index contributed by atoms with van der Waals surface area (Å²) in [5.41, 5.74) is 0.282. The first-order valence-corrected chi connectivity index (χ1v) is 7.80. The summed E-state index contributed by atoms with van der Waals surface area (Å²) in [7, 11) is 4.36. The molecule has 1 aliphatic carbocycles. The number of likely N-dealkylation sites (N-methyl/N-ethyl adjacent to an activating group) is 1. The number of hydrogen-bond donors (Lipinski definition) is 1. The van der Waals surface area contributed by atoms with E-state index in [-0.39, 0.29) is 5.54 Å². The van der Waals surface area contributed by atoms with Crippen molar-refractivity contribution in [1.82, 2.24) is 14.9 Å². The van der Waals surface area contributed by atoms with E-state index in [1.165, 1.54) is 25.7 Å². The van der Waals surface area contributed by atoms with E-state index in [9.17, 15) is 0 Å². The van der Waals surface area contributed by atoms with E-state index in [1.807, 2.05) is 6.07 Å². The third kappa shape index (κ3) is 3.45. The molecule has 0 atom stereocenters. The molecule has 1 N–H and O–H groups in total. The maximum Gasteiger partial charge on any atom is 0.131 e.